The van der Waals surface area contributed by atoms with Crippen molar-refractivity contribution < 1.29 is 113 Å². The van der Waals surface area contributed by atoms with Crippen molar-refractivity contribution in [3.05, 3.63) is 0 Å². The van der Waals surface area contributed by atoms with Gasteiger partial charge in [0.15, 0.2) is 0 Å². The fourth-order valence-corrected chi connectivity index (χ4v) is 9.49. The van der Waals surface area contributed by atoms with Crippen LogP contribution < -0.4 is 0 Å². The summed E-state index contributed by atoms with van der Waals surface area (Å²) in [5.74, 6) is -10.3. The van der Waals surface area contributed by atoms with Crippen LogP contribution in [0.4, 0.5) is 0 Å². The zero-order chi connectivity index (χ0) is 66.1. The third-order valence-electron chi connectivity index (χ3n) is 14.7. The molecule has 31 heteroatoms. The molecule has 7 fully saturated rings. The normalized spacial score (nSPS) is 23.3. The van der Waals surface area contributed by atoms with E-state index in [9.17, 15) is 67.1 Å². The highest BCUT2D eigenvalue weighted by atomic mass is 16.5. The molecule has 488 valence electrons. The second-order valence-corrected chi connectivity index (χ2v) is 23.1. The number of carboxylic acid groups (broad SMARTS) is 7. The molecule has 0 aromatic rings. The molecule has 7 amide bonds. The first-order chi connectivity index (χ1) is 39.9. The zero-order valence-electron chi connectivity index (χ0n) is 51.0. The Kier molecular flexibility index (Phi) is 32.4. The van der Waals surface area contributed by atoms with E-state index in [0.29, 0.717) is 65.5 Å². The van der Waals surface area contributed by atoms with Gasteiger partial charge >= 0.3 is 41.8 Å². The van der Waals surface area contributed by atoms with Crippen molar-refractivity contribution in [3.8, 4) is 0 Å². The summed E-state index contributed by atoms with van der Waals surface area (Å²) < 4.78 is 4.86. The maximum atomic E-state index is 11.4. The minimum Gasteiger partial charge on any atom is -0.481 e. The Bertz CT molecular complexity index is 2400. The summed E-state index contributed by atoms with van der Waals surface area (Å²) in [4.78, 5) is 164. The van der Waals surface area contributed by atoms with Gasteiger partial charge in [-0.3, -0.25) is 67.1 Å². The minimum atomic E-state index is -0.941. The molecule has 7 heterocycles. The van der Waals surface area contributed by atoms with Gasteiger partial charge in [0.1, 0.15) is 0 Å². The molecule has 31 nitrogen and oxygen atoms in total. The lowest BCUT2D eigenvalue weighted by Crippen LogP contribution is -2.42. The largest absolute Gasteiger partial charge is 0.481 e. The Hall–Kier alpha value is -7.54. The number of aliphatic hydroxyl groups excluding tert-OH is 1. The van der Waals surface area contributed by atoms with E-state index in [1.54, 1.807) is 38.7 Å². The summed E-state index contributed by atoms with van der Waals surface area (Å²) in [5, 5.41) is 69.0. The van der Waals surface area contributed by atoms with E-state index in [-0.39, 0.29) is 118 Å². The van der Waals surface area contributed by atoms with Crippen molar-refractivity contribution >= 4 is 83.1 Å². The van der Waals surface area contributed by atoms with Gasteiger partial charge in [-0.15, -0.1) is 0 Å². The number of amides is 7. The minimum absolute atomic E-state index is 0.0418. The quantitative estimate of drug-likeness (QED) is 0.0754. The number of aliphatic carboxylic acids is 7. The molecule has 7 rings (SSSR count). The number of β-amino-alcohol motifs (C(OH)–C–C–N with tert-alkyl or cyclic N) is 1. The number of carbonyl (C=O) groups is 14. The molecule has 0 spiro atoms. The van der Waals surface area contributed by atoms with Crippen molar-refractivity contribution in [2.75, 3.05) is 120 Å². The van der Waals surface area contributed by atoms with Crippen LogP contribution in [0.25, 0.3) is 0 Å². The van der Waals surface area contributed by atoms with Crippen molar-refractivity contribution in [2.45, 2.75) is 104 Å². The summed E-state index contributed by atoms with van der Waals surface area (Å²) in [6.07, 6.45) is 1.75. The van der Waals surface area contributed by atoms with Crippen LogP contribution in [0.15, 0.2) is 0 Å². The molecule has 7 aliphatic heterocycles. The first-order valence-corrected chi connectivity index (χ1v) is 28.2. The second-order valence-electron chi connectivity index (χ2n) is 23.1. The van der Waals surface area contributed by atoms with Crippen molar-refractivity contribution in [1.29, 1.82) is 0 Å². The van der Waals surface area contributed by atoms with Gasteiger partial charge in [0, 0.05) is 156 Å². The molecule has 7 saturated heterocycles. The average Bonchev–Trinajstić information content (AvgIpc) is 4.52. The Morgan fingerprint density at radius 3 is 1.07 bits per heavy atom. The van der Waals surface area contributed by atoms with Crippen molar-refractivity contribution in [2.24, 2.45) is 41.4 Å². The highest BCUT2D eigenvalue weighted by Crippen LogP contribution is 2.26. The topological polar surface area (TPSA) is 436 Å². The molecule has 7 aliphatic rings. The van der Waals surface area contributed by atoms with Crippen LogP contribution in [0.2, 0.25) is 0 Å². The average molecular weight is 1230 g/mol. The Morgan fingerprint density at radius 1 is 0.488 bits per heavy atom. The summed E-state index contributed by atoms with van der Waals surface area (Å²) in [6, 6.07) is 0.113. The van der Waals surface area contributed by atoms with Gasteiger partial charge in [0.05, 0.1) is 48.0 Å². The molecule has 0 aliphatic carbocycles. The SMILES string of the molecule is CC(C)(C)N1CC(C(=O)O)CC1=O.CC(C)N1CC(C(=O)O)CC1=O.CCN1CC(C(=O)O)CC1=O.CN(C)CCN1CC(C(=O)O)CC1=O.CN1CC(C(=O)O)CC1=O.COCCCN1CC(C(=O)O)CC1=O.O=C(O)C1CC(=O)N(CCO)C1. The first kappa shape index (κ1) is 76.5. The maximum Gasteiger partial charge on any atom is 0.308 e. The summed E-state index contributed by atoms with van der Waals surface area (Å²) in [5.41, 5.74) is -0.263. The molecule has 7 unspecified atom stereocenters. The molecular weight excluding hydrogens is 1140 g/mol. The molecule has 0 radical (unpaired) electrons. The molecular formula is C55H90N8O23. The van der Waals surface area contributed by atoms with Gasteiger partial charge in [0.25, 0.3) is 0 Å². The number of carboxylic acids is 7. The van der Waals surface area contributed by atoms with Crippen molar-refractivity contribution in [1.82, 2.24) is 39.2 Å². The summed E-state index contributed by atoms with van der Waals surface area (Å²) in [7, 11) is 7.07. The number of ether oxygens (including phenoxy) is 1. The van der Waals surface area contributed by atoms with Crippen LogP contribution in [0.3, 0.4) is 0 Å². The lowest BCUT2D eigenvalue weighted by atomic mass is 10.1. The van der Waals surface area contributed by atoms with E-state index >= 15 is 0 Å². The highest BCUT2D eigenvalue weighted by molar-refractivity contribution is 5.90. The van der Waals surface area contributed by atoms with Gasteiger partial charge in [-0.05, 0) is 62.1 Å². The van der Waals surface area contributed by atoms with E-state index in [1.807, 2.05) is 60.5 Å². The van der Waals surface area contributed by atoms with E-state index in [4.69, 9.17) is 45.6 Å². The van der Waals surface area contributed by atoms with Crippen LogP contribution >= 0.6 is 0 Å². The number of hydrogen-bond donors (Lipinski definition) is 8. The number of nitrogens with zero attached hydrogens (tertiary/aromatic N) is 8. The number of rotatable bonds is 18. The molecule has 86 heavy (non-hydrogen) atoms. The first-order valence-electron chi connectivity index (χ1n) is 28.2. The number of aliphatic hydroxyl groups is 1. The Balaban J connectivity index is 0.000000503. The van der Waals surface area contributed by atoms with Crippen LogP contribution in [0.5, 0.6) is 0 Å². The van der Waals surface area contributed by atoms with Crippen LogP contribution in [-0.4, -0.2) is 295 Å². The van der Waals surface area contributed by atoms with Gasteiger partial charge in [-0.2, -0.15) is 0 Å². The van der Waals surface area contributed by atoms with Crippen molar-refractivity contribution in [3.63, 3.8) is 0 Å². The smallest absolute Gasteiger partial charge is 0.308 e. The number of hydrogen-bond acceptors (Lipinski definition) is 17. The summed E-state index contributed by atoms with van der Waals surface area (Å²) >= 11 is 0. The lowest BCUT2D eigenvalue weighted by molar-refractivity contribution is -0.142. The molecule has 0 aromatic carbocycles. The fourth-order valence-electron chi connectivity index (χ4n) is 9.49. The Labute approximate surface area is 499 Å². The molecule has 0 bridgehead atoms. The molecule has 8 N–H and O–H groups in total. The van der Waals surface area contributed by atoms with Gasteiger partial charge in [-0.1, -0.05) is 0 Å². The monoisotopic (exact) mass is 1230 g/mol. The Morgan fingerprint density at radius 2 is 0.814 bits per heavy atom. The van der Waals surface area contributed by atoms with E-state index < -0.39 is 83.2 Å². The second kappa shape index (κ2) is 36.5. The van der Waals surface area contributed by atoms with Gasteiger partial charge in [-0.25, -0.2) is 0 Å². The van der Waals surface area contributed by atoms with Crippen LogP contribution in [-0.2, 0) is 71.9 Å². The predicted octanol–water partition coefficient (Wildman–Crippen LogP) is -1.12. The molecule has 7 atom stereocenters. The highest BCUT2D eigenvalue weighted by Gasteiger charge is 2.41. The molecule has 0 saturated carbocycles. The molecule has 0 aromatic heterocycles. The van der Waals surface area contributed by atoms with E-state index in [2.05, 4.69) is 0 Å². The van der Waals surface area contributed by atoms with Crippen LogP contribution in [0.1, 0.15) is 92.9 Å². The lowest BCUT2D eigenvalue weighted by Gasteiger charge is -2.31. The predicted molar refractivity (Wildman–Crippen MR) is 300 cm³/mol. The number of methoxy groups -OCH3 is 1. The third-order valence-corrected chi connectivity index (χ3v) is 14.7. The van der Waals surface area contributed by atoms with Crippen LogP contribution in [0, 0.1) is 41.4 Å². The number of likely N-dealkylation sites (N-methyl/N-ethyl adjacent to an activating group) is 1. The van der Waals surface area contributed by atoms with E-state index in [1.165, 1.54) is 9.80 Å². The third kappa shape index (κ3) is 26.0. The summed E-state index contributed by atoms with van der Waals surface area (Å²) in [6.45, 7) is 17.1. The zero-order valence-corrected chi connectivity index (χ0v) is 51.0. The van der Waals surface area contributed by atoms with E-state index in [0.717, 1.165) is 13.0 Å². The van der Waals surface area contributed by atoms with Gasteiger partial charge < -0.3 is 84.8 Å². The number of likely N-dealkylation sites (tertiary alicyclic amines) is 7. The maximum absolute atomic E-state index is 11.4. The standard InChI is InChI=1S/C9H16N2O3.C9H15NO4.C9H15NO3.C8H13NO3.C7H11NO4.C7H11NO3.C6H9NO3/c1-10(2)3-4-11-6-7(9(13)14)5-8(11)12;1-14-4-2-3-10-6-7(9(12)13)5-8(10)11;1-9(2,3)10-5-6(8(12)13)4-7(10)11;1-5(2)9-4-6(8(11)12)3-7(9)10;9-2-1-8-4-5(7(11)12)3-6(8)10;1-2-8-4-5(7(10)11)3-6(8)9;1-7-3-4(6(9)10)2-5(7)8/h7H,3-6H2,1-2H3,(H,13,14);7H,2-6H2,1H3,(H,12,13);6H,4-5H2,1-3H3,(H,12,13);5-6H,3-4H2,1-2H3,(H,11,12);5,9H,1-4H2,(H,11,12);5H,2-4H2,1H3,(H,10,11);4H,2-3H2,1H3,(H,9,10). The van der Waals surface area contributed by atoms with Gasteiger partial charge in [0.2, 0.25) is 41.4 Å². The number of carbonyl (C=O) groups excluding carboxylic acids is 7. The fraction of sp³-hybridized carbons (Fsp3) is 0.745.